The average molecular weight is 1730 g/mol. The third kappa shape index (κ3) is 47.5. The summed E-state index contributed by atoms with van der Waals surface area (Å²) in [6.07, 6.45) is 11.7. The second-order valence-corrected chi connectivity index (χ2v) is 34.6. The zero-order chi connectivity index (χ0) is 90.1. The van der Waals surface area contributed by atoms with Crippen LogP contribution in [0.25, 0.3) is 0 Å². The fourth-order valence-corrected chi connectivity index (χ4v) is 14.7. The first-order chi connectivity index (χ1) is 57.1. The zero-order valence-corrected chi connectivity index (χ0v) is 79.5. The molecule has 700 valence electrons. The quantitative estimate of drug-likeness (QED) is 0.0308. The molecule has 31 heteroatoms. The van der Waals surface area contributed by atoms with Gasteiger partial charge in [-0.15, -0.1) is 0 Å². The van der Waals surface area contributed by atoms with Crippen molar-refractivity contribution in [2.24, 2.45) is 52.4 Å². The van der Waals surface area contributed by atoms with Crippen LogP contribution in [-0.4, -0.2) is 365 Å². The summed E-state index contributed by atoms with van der Waals surface area (Å²) in [4.78, 5) is 127. The third-order valence-corrected chi connectivity index (χ3v) is 24.8. The lowest BCUT2D eigenvalue weighted by molar-refractivity contribution is -0.147. The molecular formula is C89H173N15O15S. The number of carbonyl (C=O) groups excluding carboxylic acids is 9. The minimum Gasteiger partial charge on any atom is -0.379 e. The van der Waals surface area contributed by atoms with Gasteiger partial charge in [0.1, 0.15) is 5.78 Å². The standard InChI is InChI=1S/C16H32N2O2.C15H29N3O3.C15H29N3O2S.2C15H28N2O3.C13H27N3O2/c1-5-14(3)16(17(4)6-2)15(19)8-7-9-18-10-12-20-13-11-18;1-4-12(2)14(17-15(20)16-3)13(19)6-5-7-18-8-10-21-11-9-18;1-4-12(2)14(17-15(21)16-3)13(19)6-5-7-18-8-10-20-11-9-18;1-5-11(2)13(16)12(18)10-15(3,4)14(19)17-6-8-20-9-7-17;1-4-12(2)15(16-13(3)18)14(19)6-5-7-17-8-10-20-11-9-17;1-4-11(2)12(14)13(17)15(3)5-6-16-7-9-18-10-8-16/h14,16H,5-13H2,1-4H3;12,14H,4-11H2,1-3H3,(H2,16,17,20);12,14H,4-11H2,1-3H3,(H2,16,17,21);11,13H,5-10,16H2,1-4H3;12,15H,4-11H2,1-3H3,(H,16,18);11-12H,4-10,14H2,1-3H3. The molecule has 0 aliphatic carbocycles. The number of rotatable bonds is 45. The Bertz CT molecular complexity index is 2730. The van der Waals surface area contributed by atoms with Crippen LogP contribution in [0.4, 0.5) is 4.79 Å². The van der Waals surface area contributed by atoms with Crippen LogP contribution in [0.2, 0.25) is 0 Å². The summed E-state index contributed by atoms with van der Waals surface area (Å²) < 4.78 is 31.8. The number of Topliss-reactive ketones (excluding diaryl/α,β-unsaturated/α-hetero) is 5. The molecule has 6 heterocycles. The maximum Gasteiger partial charge on any atom is 0.315 e. The summed E-state index contributed by atoms with van der Waals surface area (Å²) in [6, 6.07) is -1.94. The highest BCUT2D eigenvalue weighted by molar-refractivity contribution is 7.80. The first kappa shape index (κ1) is 113. The fourth-order valence-electron chi connectivity index (χ4n) is 14.6. The van der Waals surface area contributed by atoms with E-state index in [1.807, 2.05) is 69.4 Å². The van der Waals surface area contributed by atoms with Crippen LogP contribution in [-0.2, 0) is 66.8 Å². The van der Waals surface area contributed by atoms with Gasteiger partial charge in [-0.05, 0) is 113 Å². The number of nitrogens with zero attached hydrogens (tertiary/aromatic N) is 8. The number of nitrogens with one attached hydrogen (secondary N) is 5. The number of amides is 5. The van der Waals surface area contributed by atoms with Crippen LogP contribution in [0.5, 0.6) is 0 Å². The van der Waals surface area contributed by atoms with Gasteiger partial charge in [0.2, 0.25) is 17.7 Å². The number of carbonyl (C=O) groups is 9. The van der Waals surface area contributed by atoms with Crippen molar-refractivity contribution in [3.63, 3.8) is 0 Å². The number of nitrogens with two attached hydrogens (primary N) is 2. The van der Waals surface area contributed by atoms with Gasteiger partial charge < -0.3 is 76.3 Å². The SMILES string of the molecule is CCC(C)C(C(=O)CCCN1CCOCC1)N(C)CC.CCC(C)C(N)C(=O)CC(C)(C)C(=O)N1CCOCC1.CCC(C)C(N)C(=O)N(C)CCN1CCOCC1.CCC(C)C(NC(=O)NC)C(=O)CCCN1CCOCC1.CCC(C)C(NC(=S)NC)C(=O)CCCN1CCOCC1.CCC(C)C(NC(C)=O)C(=O)CCCN1CCOCC1. The van der Waals surface area contributed by atoms with Crippen LogP contribution in [0, 0.1) is 40.9 Å². The summed E-state index contributed by atoms with van der Waals surface area (Å²) in [5, 5.41) is 14.7. The third-order valence-electron chi connectivity index (χ3n) is 24.5. The molecule has 12 atom stereocenters. The van der Waals surface area contributed by atoms with Crippen LogP contribution in [0.1, 0.15) is 207 Å². The number of ether oxygens (including phenoxy) is 6. The van der Waals surface area contributed by atoms with Crippen molar-refractivity contribution >= 4 is 70.0 Å². The second-order valence-electron chi connectivity index (χ2n) is 34.2. The monoisotopic (exact) mass is 1720 g/mol. The van der Waals surface area contributed by atoms with Crippen molar-refractivity contribution < 1.29 is 71.6 Å². The highest BCUT2D eigenvalue weighted by Gasteiger charge is 2.38. The minimum atomic E-state index is -0.695. The number of ketones is 5. The number of hydrogen-bond acceptors (Lipinski definition) is 24. The summed E-state index contributed by atoms with van der Waals surface area (Å²) in [7, 11) is 7.24. The van der Waals surface area contributed by atoms with E-state index < -0.39 is 11.5 Å². The van der Waals surface area contributed by atoms with E-state index in [1.165, 1.54) is 6.92 Å². The van der Waals surface area contributed by atoms with E-state index in [4.69, 9.17) is 52.1 Å². The van der Waals surface area contributed by atoms with Crippen LogP contribution in [0.3, 0.4) is 0 Å². The van der Waals surface area contributed by atoms with E-state index in [1.54, 1.807) is 23.9 Å². The zero-order valence-electron chi connectivity index (χ0n) is 78.7. The molecule has 0 aromatic carbocycles. The average Bonchev–Trinajstić information content (AvgIpc) is 0.822. The summed E-state index contributed by atoms with van der Waals surface area (Å²) in [5.41, 5.74) is 11.2. The Morgan fingerprint density at radius 2 is 0.717 bits per heavy atom. The maximum absolute atomic E-state index is 12.5. The summed E-state index contributed by atoms with van der Waals surface area (Å²) in [6.45, 7) is 58.4. The Morgan fingerprint density at radius 3 is 1.03 bits per heavy atom. The number of morpholine rings is 6. The summed E-state index contributed by atoms with van der Waals surface area (Å²) in [5.74, 6) is 2.33. The highest BCUT2D eigenvalue weighted by Crippen LogP contribution is 2.27. The topological polar surface area (TPSA) is 347 Å². The van der Waals surface area contributed by atoms with E-state index in [0.29, 0.717) is 68.8 Å². The Kier molecular flexibility index (Phi) is 62.8. The smallest absolute Gasteiger partial charge is 0.315 e. The van der Waals surface area contributed by atoms with Crippen LogP contribution >= 0.6 is 12.2 Å². The first-order valence-corrected chi connectivity index (χ1v) is 46.3. The van der Waals surface area contributed by atoms with E-state index >= 15 is 0 Å². The van der Waals surface area contributed by atoms with Crippen molar-refractivity contribution in [3.05, 3.63) is 0 Å². The largest absolute Gasteiger partial charge is 0.379 e. The molecule has 6 rings (SSSR count). The molecule has 5 amide bonds. The molecule has 6 aliphatic heterocycles. The van der Waals surface area contributed by atoms with Gasteiger partial charge in [-0.3, -0.25) is 67.8 Å². The van der Waals surface area contributed by atoms with E-state index in [0.717, 1.165) is 242 Å². The van der Waals surface area contributed by atoms with E-state index in [-0.39, 0.29) is 113 Å². The van der Waals surface area contributed by atoms with Crippen LogP contribution in [0.15, 0.2) is 0 Å². The molecule has 0 aromatic heterocycles. The van der Waals surface area contributed by atoms with Crippen molar-refractivity contribution in [1.82, 2.24) is 65.8 Å². The normalized spacial score (nSPS) is 19.5. The molecule has 0 bridgehead atoms. The van der Waals surface area contributed by atoms with Crippen molar-refractivity contribution in [3.8, 4) is 0 Å². The molecule has 12 unspecified atom stereocenters. The van der Waals surface area contributed by atoms with Gasteiger partial charge in [0.05, 0.1) is 121 Å². The van der Waals surface area contributed by atoms with Crippen molar-refractivity contribution in [2.45, 2.75) is 243 Å². The lowest BCUT2D eigenvalue weighted by Crippen LogP contribution is -2.49. The Labute approximate surface area is 731 Å². The second kappa shape index (κ2) is 66.6. The van der Waals surface area contributed by atoms with Gasteiger partial charge in [0.15, 0.2) is 28.2 Å². The van der Waals surface area contributed by atoms with Gasteiger partial charge in [-0.1, -0.05) is 142 Å². The molecule has 0 aromatic rings. The molecule has 6 fully saturated rings. The molecule has 120 heavy (non-hydrogen) atoms. The number of hydrogen-bond donors (Lipinski definition) is 7. The van der Waals surface area contributed by atoms with Gasteiger partial charge >= 0.3 is 6.03 Å². The lowest BCUT2D eigenvalue weighted by atomic mass is 9.81. The molecule has 0 saturated carbocycles. The number of likely N-dealkylation sites (N-methyl/N-ethyl adjacent to an activating group) is 2. The lowest BCUT2D eigenvalue weighted by Gasteiger charge is -2.34. The van der Waals surface area contributed by atoms with Gasteiger partial charge in [-0.25, -0.2) is 4.79 Å². The van der Waals surface area contributed by atoms with Gasteiger partial charge in [0.25, 0.3) is 0 Å². The minimum absolute atomic E-state index is 0.0190. The molecule has 6 saturated heterocycles. The molecule has 0 spiro atoms. The Hall–Kier alpha value is -4.84. The molecule has 6 aliphatic rings. The predicted molar refractivity (Wildman–Crippen MR) is 484 cm³/mol. The molecular weight excluding hydrogens is 1550 g/mol. The predicted octanol–water partition coefficient (Wildman–Crippen LogP) is 6.80. The number of thiocarbonyl (C=S) groups is 1. The highest BCUT2D eigenvalue weighted by atomic mass is 32.1. The van der Waals surface area contributed by atoms with Crippen LogP contribution < -0.4 is 38.1 Å². The molecule has 9 N–H and O–H groups in total. The maximum atomic E-state index is 12.5. The summed E-state index contributed by atoms with van der Waals surface area (Å²) >= 11 is 5.14. The van der Waals surface area contributed by atoms with Crippen molar-refractivity contribution in [1.29, 1.82) is 0 Å². The van der Waals surface area contributed by atoms with E-state index in [2.05, 4.69) is 105 Å². The first-order valence-electron chi connectivity index (χ1n) is 45.9. The van der Waals surface area contributed by atoms with Gasteiger partial charge in [0, 0.05) is 152 Å². The number of urea groups is 1. The Morgan fingerprint density at radius 1 is 0.408 bits per heavy atom. The van der Waals surface area contributed by atoms with Crippen molar-refractivity contribution in [2.75, 3.05) is 232 Å². The van der Waals surface area contributed by atoms with E-state index in [9.17, 15) is 43.2 Å². The fraction of sp³-hybridized carbons (Fsp3) is 0.888. The molecule has 30 nitrogen and oxygen atoms in total. The molecule has 0 radical (unpaired) electrons. The Balaban J connectivity index is 0.000000720. The van der Waals surface area contributed by atoms with Gasteiger partial charge in [-0.2, -0.15) is 0 Å².